The van der Waals surface area contributed by atoms with E-state index in [1.807, 2.05) is 31.2 Å². The molecule has 2 aromatic carbocycles. The van der Waals surface area contributed by atoms with Gasteiger partial charge < -0.3 is 5.32 Å². The fourth-order valence-electron chi connectivity index (χ4n) is 1.89. The highest BCUT2D eigenvalue weighted by molar-refractivity contribution is 5.78. The summed E-state index contributed by atoms with van der Waals surface area (Å²) in [6.45, 7) is 2.33. The molecule has 0 saturated heterocycles. The van der Waals surface area contributed by atoms with Crippen molar-refractivity contribution in [3.8, 4) is 0 Å². The Morgan fingerprint density at radius 1 is 1.16 bits per heavy atom. The van der Waals surface area contributed by atoms with Gasteiger partial charge in [-0.2, -0.15) is 0 Å². The van der Waals surface area contributed by atoms with Crippen molar-refractivity contribution in [3.63, 3.8) is 0 Å². The molecule has 0 aromatic heterocycles. The zero-order valence-corrected chi connectivity index (χ0v) is 10.8. The molecule has 3 heteroatoms. The Morgan fingerprint density at radius 3 is 2.68 bits per heavy atom. The van der Waals surface area contributed by atoms with Gasteiger partial charge in [-0.1, -0.05) is 36.4 Å². The van der Waals surface area contributed by atoms with Gasteiger partial charge in [0.1, 0.15) is 5.82 Å². The van der Waals surface area contributed by atoms with Crippen LogP contribution >= 0.6 is 0 Å². The number of amides is 1. The van der Waals surface area contributed by atoms with Crippen LogP contribution in [0.5, 0.6) is 0 Å². The summed E-state index contributed by atoms with van der Waals surface area (Å²) in [5.74, 6) is -0.343. The molecular weight excluding hydrogens is 241 g/mol. The number of hydrogen-bond donors (Lipinski definition) is 1. The number of halogens is 1. The van der Waals surface area contributed by atoms with Gasteiger partial charge in [0.15, 0.2) is 0 Å². The van der Waals surface area contributed by atoms with Gasteiger partial charge in [0.05, 0.1) is 6.42 Å². The average molecular weight is 257 g/mol. The van der Waals surface area contributed by atoms with Gasteiger partial charge in [-0.3, -0.25) is 4.79 Å². The Labute approximate surface area is 112 Å². The third-order valence-electron chi connectivity index (χ3n) is 2.99. The quantitative estimate of drug-likeness (QED) is 0.896. The molecule has 0 aliphatic rings. The Bertz CT molecular complexity index is 580. The highest BCUT2D eigenvalue weighted by Gasteiger charge is 2.05. The molecule has 19 heavy (non-hydrogen) atoms. The minimum Gasteiger partial charge on any atom is -0.352 e. The van der Waals surface area contributed by atoms with Crippen LogP contribution in [0.2, 0.25) is 0 Å². The molecule has 0 bridgehead atoms. The summed E-state index contributed by atoms with van der Waals surface area (Å²) >= 11 is 0. The van der Waals surface area contributed by atoms with Gasteiger partial charge in [0, 0.05) is 6.54 Å². The molecule has 0 saturated carbocycles. The Hall–Kier alpha value is -2.16. The van der Waals surface area contributed by atoms with Crippen LogP contribution in [-0.2, 0) is 17.8 Å². The maximum absolute atomic E-state index is 13.0. The third-order valence-corrected chi connectivity index (χ3v) is 2.99. The molecular formula is C16H16FNO. The zero-order valence-electron chi connectivity index (χ0n) is 10.8. The molecule has 0 spiro atoms. The average Bonchev–Trinajstić information content (AvgIpc) is 2.39. The second-order valence-electron chi connectivity index (χ2n) is 4.51. The standard InChI is InChI=1S/C16H16FNO/c1-12-5-2-3-7-14(12)10-16(19)18-11-13-6-4-8-15(17)9-13/h2-9H,10-11H2,1H3,(H,18,19). The lowest BCUT2D eigenvalue weighted by Gasteiger charge is -2.07. The first-order valence-electron chi connectivity index (χ1n) is 6.21. The van der Waals surface area contributed by atoms with Crippen LogP contribution in [0.4, 0.5) is 4.39 Å². The Morgan fingerprint density at radius 2 is 1.95 bits per heavy atom. The largest absolute Gasteiger partial charge is 0.352 e. The normalized spacial score (nSPS) is 10.2. The second-order valence-corrected chi connectivity index (χ2v) is 4.51. The van der Waals surface area contributed by atoms with E-state index in [9.17, 15) is 9.18 Å². The molecule has 2 nitrogen and oxygen atoms in total. The summed E-state index contributed by atoms with van der Waals surface area (Å²) in [4.78, 5) is 11.8. The first-order chi connectivity index (χ1) is 9.15. The summed E-state index contributed by atoms with van der Waals surface area (Å²) < 4.78 is 13.0. The van der Waals surface area contributed by atoms with Gasteiger partial charge in [0.2, 0.25) is 5.91 Å². The van der Waals surface area contributed by atoms with Crippen molar-refractivity contribution in [2.75, 3.05) is 0 Å². The van der Waals surface area contributed by atoms with Crippen molar-refractivity contribution in [2.45, 2.75) is 19.9 Å². The first kappa shape index (κ1) is 13.3. The van der Waals surface area contributed by atoms with Gasteiger partial charge in [-0.15, -0.1) is 0 Å². The van der Waals surface area contributed by atoms with Gasteiger partial charge in [0.25, 0.3) is 0 Å². The fourth-order valence-corrected chi connectivity index (χ4v) is 1.89. The molecule has 0 aliphatic carbocycles. The molecule has 0 atom stereocenters. The van der Waals surface area contributed by atoms with E-state index in [4.69, 9.17) is 0 Å². The van der Waals surface area contributed by atoms with Crippen LogP contribution in [0, 0.1) is 12.7 Å². The number of hydrogen-bond acceptors (Lipinski definition) is 1. The summed E-state index contributed by atoms with van der Waals surface area (Å²) in [5, 5.41) is 2.80. The molecule has 0 aliphatic heterocycles. The maximum atomic E-state index is 13.0. The molecule has 1 N–H and O–H groups in total. The predicted molar refractivity (Wildman–Crippen MR) is 73.1 cm³/mol. The van der Waals surface area contributed by atoms with Crippen molar-refractivity contribution in [1.82, 2.24) is 5.32 Å². The topological polar surface area (TPSA) is 29.1 Å². The minimum atomic E-state index is -0.286. The van der Waals surface area contributed by atoms with E-state index >= 15 is 0 Å². The van der Waals surface area contributed by atoms with Crippen LogP contribution in [0.25, 0.3) is 0 Å². The van der Waals surface area contributed by atoms with Crippen LogP contribution in [0.1, 0.15) is 16.7 Å². The van der Waals surface area contributed by atoms with Crippen molar-refractivity contribution in [1.29, 1.82) is 0 Å². The summed E-state index contributed by atoms with van der Waals surface area (Å²) in [6, 6.07) is 14.0. The first-order valence-corrected chi connectivity index (χ1v) is 6.21. The van der Waals surface area contributed by atoms with E-state index < -0.39 is 0 Å². The van der Waals surface area contributed by atoms with Crippen LogP contribution in [0.3, 0.4) is 0 Å². The van der Waals surface area contributed by atoms with Crippen molar-refractivity contribution >= 4 is 5.91 Å². The minimum absolute atomic E-state index is 0.0569. The third kappa shape index (κ3) is 3.91. The lowest BCUT2D eigenvalue weighted by molar-refractivity contribution is -0.120. The number of rotatable bonds is 4. The smallest absolute Gasteiger partial charge is 0.224 e. The monoisotopic (exact) mass is 257 g/mol. The molecule has 0 fully saturated rings. The van der Waals surface area contributed by atoms with Crippen LogP contribution in [0.15, 0.2) is 48.5 Å². The number of aryl methyl sites for hydroxylation is 1. The lowest BCUT2D eigenvalue weighted by atomic mass is 10.1. The zero-order chi connectivity index (χ0) is 13.7. The fraction of sp³-hybridized carbons (Fsp3) is 0.188. The van der Waals surface area contributed by atoms with E-state index in [0.29, 0.717) is 13.0 Å². The number of carbonyl (C=O) groups excluding carboxylic acids is 1. The van der Waals surface area contributed by atoms with Crippen LogP contribution < -0.4 is 5.32 Å². The Balaban J connectivity index is 1.90. The van der Waals surface area contributed by atoms with Gasteiger partial charge in [-0.25, -0.2) is 4.39 Å². The van der Waals surface area contributed by atoms with E-state index in [2.05, 4.69) is 5.32 Å². The second kappa shape index (κ2) is 6.14. The predicted octanol–water partition coefficient (Wildman–Crippen LogP) is 2.99. The summed E-state index contributed by atoms with van der Waals surface area (Å²) in [6.07, 6.45) is 0.349. The van der Waals surface area contributed by atoms with E-state index in [-0.39, 0.29) is 11.7 Å². The number of carbonyl (C=O) groups is 1. The molecule has 1 amide bonds. The number of nitrogens with one attached hydrogen (secondary N) is 1. The molecule has 98 valence electrons. The van der Waals surface area contributed by atoms with Gasteiger partial charge >= 0.3 is 0 Å². The summed E-state index contributed by atoms with van der Waals surface area (Å²) in [7, 11) is 0. The van der Waals surface area contributed by atoms with Gasteiger partial charge in [-0.05, 0) is 35.7 Å². The van der Waals surface area contributed by atoms with E-state index in [1.165, 1.54) is 12.1 Å². The molecule has 2 rings (SSSR count). The highest BCUT2D eigenvalue weighted by atomic mass is 19.1. The Kier molecular flexibility index (Phi) is 4.29. The van der Waals surface area contributed by atoms with E-state index in [0.717, 1.165) is 16.7 Å². The van der Waals surface area contributed by atoms with Crippen molar-refractivity contribution in [3.05, 3.63) is 71.0 Å². The number of benzene rings is 2. The van der Waals surface area contributed by atoms with Crippen molar-refractivity contribution < 1.29 is 9.18 Å². The lowest BCUT2D eigenvalue weighted by Crippen LogP contribution is -2.24. The summed E-state index contributed by atoms with van der Waals surface area (Å²) in [5.41, 5.74) is 2.88. The molecule has 0 heterocycles. The molecule has 0 unspecified atom stereocenters. The van der Waals surface area contributed by atoms with Crippen molar-refractivity contribution in [2.24, 2.45) is 0 Å². The van der Waals surface area contributed by atoms with E-state index in [1.54, 1.807) is 12.1 Å². The molecule has 2 aromatic rings. The molecule has 0 radical (unpaired) electrons. The SMILES string of the molecule is Cc1ccccc1CC(=O)NCc1cccc(F)c1. The van der Waals surface area contributed by atoms with Crippen LogP contribution in [-0.4, -0.2) is 5.91 Å². The maximum Gasteiger partial charge on any atom is 0.224 e. The highest BCUT2D eigenvalue weighted by Crippen LogP contribution is 2.08.